The second-order valence-corrected chi connectivity index (χ2v) is 7.49. The molecule has 0 radical (unpaired) electrons. The van der Waals surface area contributed by atoms with Crippen LogP contribution < -0.4 is 10.1 Å². The number of halogens is 1. The van der Waals surface area contributed by atoms with Gasteiger partial charge in [-0.2, -0.15) is 0 Å². The number of ether oxygens (including phenoxy) is 1. The van der Waals surface area contributed by atoms with Gasteiger partial charge in [0.25, 0.3) is 0 Å². The molecule has 6 heteroatoms. The first kappa shape index (κ1) is 20.4. The Morgan fingerprint density at radius 2 is 1.86 bits per heavy atom. The van der Waals surface area contributed by atoms with Gasteiger partial charge in [0.1, 0.15) is 5.75 Å². The van der Waals surface area contributed by atoms with Gasteiger partial charge >= 0.3 is 0 Å². The zero-order valence-electron chi connectivity index (χ0n) is 16.0. The first-order valence-corrected chi connectivity index (χ1v) is 9.84. The monoisotopic (exact) mass is 400 g/mol. The van der Waals surface area contributed by atoms with E-state index in [0.29, 0.717) is 23.7 Å². The Morgan fingerprint density at radius 3 is 2.54 bits per heavy atom. The second-order valence-electron chi connectivity index (χ2n) is 7.05. The van der Waals surface area contributed by atoms with Crippen LogP contribution in [-0.4, -0.2) is 43.3 Å². The number of rotatable bonds is 7. The number of ketones is 1. The zero-order chi connectivity index (χ0) is 19.9. The molecule has 1 aliphatic rings. The fraction of sp³-hybridized carbons (Fsp3) is 0.364. The van der Waals surface area contributed by atoms with E-state index in [1.54, 1.807) is 31.4 Å². The van der Waals surface area contributed by atoms with E-state index in [1.165, 1.54) is 0 Å². The number of nitrogens with one attached hydrogen (secondary N) is 1. The van der Waals surface area contributed by atoms with Crippen molar-refractivity contribution in [1.82, 2.24) is 10.2 Å². The summed E-state index contributed by atoms with van der Waals surface area (Å²) < 4.78 is 5.20. The van der Waals surface area contributed by atoms with E-state index in [1.807, 2.05) is 24.3 Å². The number of nitrogens with zero attached hydrogens (tertiary/aromatic N) is 1. The van der Waals surface area contributed by atoms with E-state index in [0.717, 1.165) is 37.2 Å². The number of carbonyl (C=O) groups excluding carboxylic acids is 2. The highest BCUT2D eigenvalue weighted by Gasteiger charge is 2.26. The van der Waals surface area contributed by atoms with Gasteiger partial charge in [-0.25, -0.2) is 0 Å². The third kappa shape index (κ3) is 5.57. The Morgan fingerprint density at radius 1 is 1.14 bits per heavy atom. The number of piperidine rings is 1. The van der Waals surface area contributed by atoms with Crippen molar-refractivity contribution in [3.05, 3.63) is 64.7 Å². The van der Waals surface area contributed by atoms with Gasteiger partial charge in [0.05, 0.1) is 13.7 Å². The van der Waals surface area contributed by atoms with Crippen LogP contribution in [0.3, 0.4) is 0 Å². The van der Waals surface area contributed by atoms with Crippen LogP contribution in [0.4, 0.5) is 0 Å². The quantitative estimate of drug-likeness (QED) is 0.722. The lowest BCUT2D eigenvalue weighted by Gasteiger charge is -2.30. The van der Waals surface area contributed by atoms with Crippen molar-refractivity contribution in [3.8, 4) is 5.75 Å². The van der Waals surface area contributed by atoms with Crippen molar-refractivity contribution >= 4 is 23.3 Å². The van der Waals surface area contributed by atoms with Gasteiger partial charge in [-0.3, -0.25) is 14.5 Å². The summed E-state index contributed by atoms with van der Waals surface area (Å²) in [5.41, 5.74) is 1.71. The van der Waals surface area contributed by atoms with Crippen molar-refractivity contribution in [3.63, 3.8) is 0 Å². The smallest absolute Gasteiger partial charge is 0.234 e. The molecule has 0 spiro atoms. The van der Waals surface area contributed by atoms with E-state index in [9.17, 15) is 9.59 Å². The first-order valence-electron chi connectivity index (χ1n) is 9.47. The summed E-state index contributed by atoms with van der Waals surface area (Å²) in [5, 5.41) is 3.58. The van der Waals surface area contributed by atoms with Crippen LogP contribution in [-0.2, 0) is 11.3 Å². The molecule has 0 unspecified atom stereocenters. The maximum Gasteiger partial charge on any atom is 0.234 e. The predicted octanol–water partition coefficient (Wildman–Crippen LogP) is 3.56. The Kier molecular flexibility index (Phi) is 7.06. The van der Waals surface area contributed by atoms with Gasteiger partial charge in [-0.1, -0.05) is 23.7 Å². The lowest BCUT2D eigenvalue weighted by molar-refractivity contribution is -0.122. The van der Waals surface area contributed by atoms with Crippen molar-refractivity contribution < 1.29 is 14.3 Å². The van der Waals surface area contributed by atoms with Crippen LogP contribution in [0.15, 0.2) is 48.5 Å². The summed E-state index contributed by atoms with van der Waals surface area (Å²) in [6.45, 7) is 2.32. The average molecular weight is 401 g/mol. The Bertz CT molecular complexity index is 815. The van der Waals surface area contributed by atoms with Crippen LogP contribution in [0.5, 0.6) is 5.75 Å². The van der Waals surface area contributed by atoms with Crippen molar-refractivity contribution in [2.24, 2.45) is 5.92 Å². The maximum absolute atomic E-state index is 12.6. The van der Waals surface area contributed by atoms with Gasteiger partial charge < -0.3 is 10.1 Å². The third-order valence-corrected chi connectivity index (χ3v) is 5.33. The van der Waals surface area contributed by atoms with E-state index < -0.39 is 0 Å². The molecule has 1 aliphatic heterocycles. The number of hydrogen-bond acceptors (Lipinski definition) is 4. The summed E-state index contributed by atoms with van der Waals surface area (Å²) in [6.07, 6.45) is 1.54. The molecule has 28 heavy (non-hydrogen) atoms. The van der Waals surface area contributed by atoms with Crippen LogP contribution in [0.2, 0.25) is 5.02 Å². The molecule has 0 aliphatic carbocycles. The number of amides is 1. The molecule has 2 aromatic rings. The zero-order valence-corrected chi connectivity index (χ0v) is 16.7. The Labute approximate surface area is 170 Å². The van der Waals surface area contributed by atoms with Crippen molar-refractivity contribution in [1.29, 1.82) is 0 Å². The molecule has 1 N–H and O–H groups in total. The maximum atomic E-state index is 12.6. The summed E-state index contributed by atoms with van der Waals surface area (Å²) in [6, 6.07) is 14.7. The predicted molar refractivity (Wildman–Crippen MR) is 110 cm³/mol. The van der Waals surface area contributed by atoms with Gasteiger partial charge in [0.15, 0.2) is 5.78 Å². The molecule has 1 amide bonds. The third-order valence-electron chi connectivity index (χ3n) is 5.08. The lowest BCUT2D eigenvalue weighted by atomic mass is 9.89. The molecule has 0 saturated carbocycles. The molecule has 3 rings (SSSR count). The van der Waals surface area contributed by atoms with Crippen molar-refractivity contribution in [2.75, 3.05) is 26.7 Å². The number of Topliss-reactive ketones (excluding diaryl/α,β-unsaturated/α-hetero) is 1. The SMILES string of the molecule is COc1cccc(CNC(=O)CN2CCC(C(=O)c3ccc(Cl)cc3)CC2)c1. The molecule has 5 nitrogen and oxygen atoms in total. The molecular formula is C22H25ClN2O3. The van der Waals surface area contributed by atoms with E-state index >= 15 is 0 Å². The molecule has 0 atom stereocenters. The van der Waals surface area contributed by atoms with Gasteiger partial charge in [-0.15, -0.1) is 0 Å². The molecule has 1 fully saturated rings. The van der Waals surface area contributed by atoms with E-state index in [4.69, 9.17) is 16.3 Å². The highest BCUT2D eigenvalue weighted by atomic mass is 35.5. The Hall–Kier alpha value is -2.37. The summed E-state index contributed by atoms with van der Waals surface area (Å²) >= 11 is 5.89. The number of likely N-dealkylation sites (tertiary alicyclic amines) is 1. The first-order chi connectivity index (χ1) is 13.5. The molecule has 0 aromatic heterocycles. The average Bonchev–Trinajstić information content (AvgIpc) is 2.73. The normalized spacial score (nSPS) is 15.2. The molecule has 148 valence electrons. The number of benzene rings is 2. The number of hydrogen-bond donors (Lipinski definition) is 1. The minimum Gasteiger partial charge on any atom is -0.497 e. The van der Waals surface area contributed by atoms with Gasteiger partial charge in [0, 0.05) is 23.0 Å². The summed E-state index contributed by atoms with van der Waals surface area (Å²) in [4.78, 5) is 26.9. The molecule has 1 saturated heterocycles. The van der Waals surface area contributed by atoms with Crippen LogP contribution in [0, 0.1) is 5.92 Å². The van der Waals surface area contributed by atoms with Crippen LogP contribution >= 0.6 is 11.6 Å². The fourth-order valence-corrected chi connectivity index (χ4v) is 3.57. The van der Waals surface area contributed by atoms with Crippen LogP contribution in [0.25, 0.3) is 0 Å². The largest absolute Gasteiger partial charge is 0.497 e. The van der Waals surface area contributed by atoms with Crippen molar-refractivity contribution in [2.45, 2.75) is 19.4 Å². The van der Waals surface area contributed by atoms with Crippen LogP contribution in [0.1, 0.15) is 28.8 Å². The number of methoxy groups -OCH3 is 1. The molecular weight excluding hydrogens is 376 g/mol. The molecule has 2 aromatic carbocycles. The Balaban J connectivity index is 1.42. The number of carbonyl (C=O) groups is 2. The minimum absolute atomic E-state index is 0.00898. The van der Waals surface area contributed by atoms with E-state index in [-0.39, 0.29) is 17.6 Å². The lowest BCUT2D eigenvalue weighted by Crippen LogP contribution is -2.42. The van der Waals surface area contributed by atoms with Gasteiger partial charge in [-0.05, 0) is 67.9 Å². The highest BCUT2D eigenvalue weighted by Crippen LogP contribution is 2.22. The topological polar surface area (TPSA) is 58.6 Å². The summed E-state index contributed by atoms with van der Waals surface area (Å²) in [7, 11) is 1.62. The van der Waals surface area contributed by atoms with Gasteiger partial charge in [0.2, 0.25) is 5.91 Å². The molecule has 0 bridgehead atoms. The highest BCUT2D eigenvalue weighted by molar-refractivity contribution is 6.30. The fourth-order valence-electron chi connectivity index (χ4n) is 3.45. The standard InChI is InChI=1S/C22H25ClN2O3/c1-28-20-4-2-3-16(13-20)14-24-21(26)15-25-11-9-18(10-12-25)22(27)17-5-7-19(23)8-6-17/h2-8,13,18H,9-12,14-15H2,1H3,(H,24,26). The summed E-state index contributed by atoms with van der Waals surface area (Å²) in [5.74, 6) is 0.945. The minimum atomic E-state index is -0.00898. The molecule has 1 heterocycles. The second kappa shape index (κ2) is 9.71. The van der Waals surface area contributed by atoms with E-state index in [2.05, 4.69) is 10.2 Å².